The normalized spacial score (nSPS) is 22.2. The highest BCUT2D eigenvalue weighted by atomic mass is 79.9. The first-order valence-corrected chi connectivity index (χ1v) is 7.25. The first-order chi connectivity index (χ1) is 9.00. The summed E-state index contributed by atoms with van der Waals surface area (Å²) in [6.07, 6.45) is 2.67. The molecule has 3 nitrogen and oxygen atoms in total. The Hall–Kier alpha value is -1.01. The Balaban J connectivity index is 2.13. The topological polar surface area (TPSA) is 55.1 Å². The molecular weight excluding hydrogens is 331 g/mol. The Kier molecular flexibility index (Phi) is 4.52. The van der Waals surface area contributed by atoms with Gasteiger partial charge in [0.1, 0.15) is 5.82 Å². The summed E-state index contributed by atoms with van der Waals surface area (Å²) in [5.41, 5.74) is 5.69. The fraction of sp³-hybridized carbons (Fsp3) is 0.385. The Morgan fingerprint density at radius 2 is 2.21 bits per heavy atom. The third kappa shape index (κ3) is 3.12. The second-order valence-corrected chi connectivity index (χ2v) is 5.95. The van der Waals surface area contributed by atoms with Crippen LogP contribution in [0.1, 0.15) is 29.6 Å². The summed E-state index contributed by atoms with van der Waals surface area (Å²) in [5, 5.41) is 2.83. The summed E-state index contributed by atoms with van der Waals surface area (Å²) < 4.78 is 14.1. The predicted molar refractivity (Wildman–Crippen MR) is 79.5 cm³/mol. The minimum absolute atomic E-state index is 0.00849. The molecule has 0 aliphatic heterocycles. The van der Waals surface area contributed by atoms with Crippen LogP contribution in [0.5, 0.6) is 0 Å². The largest absolute Gasteiger partial charge is 0.393 e. The number of benzene rings is 1. The van der Waals surface area contributed by atoms with Gasteiger partial charge in [0.2, 0.25) is 0 Å². The molecule has 1 saturated carbocycles. The van der Waals surface area contributed by atoms with Crippen molar-refractivity contribution < 1.29 is 9.18 Å². The van der Waals surface area contributed by atoms with Gasteiger partial charge in [-0.3, -0.25) is 4.79 Å². The highest BCUT2D eigenvalue weighted by Gasteiger charge is 2.31. The third-order valence-electron chi connectivity index (χ3n) is 3.39. The van der Waals surface area contributed by atoms with Gasteiger partial charge in [0.25, 0.3) is 5.91 Å². The maximum Gasteiger partial charge on any atom is 0.254 e. The molecule has 3 N–H and O–H groups in total. The van der Waals surface area contributed by atoms with Gasteiger partial charge in [-0.05, 0) is 40.9 Å². The molecule has 0 spiro atoms. The molecule has 2 unspecified atom stereocenters. The quantitative estimate of drug-likeness (QED) is 0.829. The van der Waals surface area contributed by atoms with Crippen molar-refractivity contribution in [3.63, 3.8) is 0 Å². The van der Waals surface area contributed by atoms with E-state index in [-0.39, 0.29) is 22.0 Å². The van der Waals surface area contributed by atoms with E-state index in [1.807, 2.05) is 0 Å². The molecule has 2 rings (SSSR count). The maximum atomic E-state index is 13.8. The highest BCUT2D eigenvalue weighted by molar-refractivity contribution is 9.10. The fourth-order valence-electron chi connectivity index (χ4n) is 2.40. The van der Waals surface area contributed by atoms with Crippen molar-refractivity contribution in [1.82, 2.24) is 5.32 Å². The number of carbonyl (C=O) groups excluding carboxylic acids is 1. The van der Waals surface area contributed by atoms with Crippen LogP contribution < -0.4 is 11.1 Å². The van der Waals surface area contributed by atoms with Crippen LogP contribution in [0.25, 0.3) is 0 Å². The monoisotopic (exact) mass is 344 g/mol. The van der Waals surface area contributed by atoms with Crippen molar-refractivity contribution in [3.05, 3.63) is 34.1 Å². The van der Waals surface area contributed by atoms with Crippen molar-refractivity contribution in [1.29, 1.82) is 0 Å². The van der Waals surface area contributed by atoms with Crippen molar-refractivity contribution in [2.45, 2.75) is 25.3 Å². The summed E-state index contributed by atoms with van der Waals surface area (Å²) in [6.45, 7) is 0. The average molecular weight is 345 g/mol. The second-order valence-electron chi connectivity index (χ2n) is 4.62. The number of amides is 1. The van der Waals surface area contributed by atoms with Gasteiger partial charge in [0.15, 0.2) is 0 Å². The summed E-state index contributed by atoms with van der Waals surface area (Å²) in [4.78, 5) is 12.5. The lowest BCUT2D eigenvalue weighted by Gasteiger charge is -2.20. The van der Waals surface area contributed by atoms with Crippen molar-refractivity contribution >= 4 is 39.0 Å². The lowest BCUT2D eigenvalue weighted by Crippen LogP contribution is -2.42. The molecular formula is C13H14BrFN2OS. The Bertz CT molecular complexity index is 523. The van der Waals surface area contributed by atoms with Gasteiger partial charge in [-0.2, -0.15) is 0 Å². The smallest absolute Gasteiger partial charge is 0.254 e. The van der Waals surface area contributed by atoms with Gasteiger partial charge in [-0.1, -0.05) is 24.7 Å². The van der Waals surface area contributed by atoms with E-state index in [4.69, 9.17) is 18.0 Å². The SMILES string of the molecule is NC(=S)C1CCCC1NC(=O)c1cccc(Br)c1F. The molecule has 102 valence electrons. The number of rotatable bonds is 3. The highest BCUT2D eigenvalue weighted by Crippen LogP contribution is 2.26. The van der Waals surface area contributed by atoms with E-state index in [0.717, 1.165) is 19.3 Å². The number of nitrogens with two attached hydrogens (primary N) is 1. The van der Waals surface area contributed by atoms with Crippen molar-refractivity contribution in [2.24, 2.45) is 11.7 Å². The minimum atomic E-state index is -0.551. The zero-order chi connectivity index (χ0) is 14.0. The molecule has 6 heteroatoms. The van der Waals surface area contributed by atoms with Gasteiger partial charge in [-0.15, -0.1) is 0 Å². The lowest BCUT2D eigenvalue weighted by molar-refractivity contribution is 0.0929. The van der Waals surface area contributed by atoms with Crippen LogP contribution in [0, 0.1) is 11.7 Å². The molecule has 1 amide bonds. The minimum Gasteiger partial charge on any atom is -0.393 e. The van der Waals surface area contributed by atoms with Gasteiger partial charge >= 0.3 is 0 Å². The molecule has 0 heterocycles. The van der Waals surface area contributed by atoms with Crippen LogP contribution >= 0.6 is 28.1 Å². The van der Waals surface area contributed by atoms with Crippen molar-refractivity contribution in [3.8, 4) is 0 Å². The maximum absolute atomic E-state index is 13.8. The summed E-state index contributed by atoms with van der Waals surface area (Å²) in [5.74, 6) is -0.967. The van der Waals surface area contributed by atoms with Crippen LogP contribution in [0.2, 0.25) is 0 Å². The molecule has 1 fully saturated rings. The van der Waals surface area contributed by atoms with Gasteiger partial charge in [0, 0.05) is 12.0 Å². The number of hydrogen-bond acceptors (Lipinski definition) is 2. The van der Waals surface area contributed by atoms with E-state index < -0.39 is 11.7 Å². The van der Waals surface area contributed by atoms with Crippen LogP contribution in [-0.4, -0.2) is 16.9 Å². The van der Waals surface area contributed by atoms with E-state index >= 15 is 0 Å². The van der Waals surface area contributed by atoms with E-state index in [0.29, 0.717) is 4.99 Å². The number of hydrogen-bond donors (Lipinski definition) is 2. The second kappa shape index (κ2) is 5.96. The number of carbonyl (C=O) groups is 1. The molecule has 2 atom stereocenters. The van der Waals surface area contributed by atoms with Crippen LogP contribution in [-0.2, 0) is 0 Å². The molecule has 0 radical (unpaired) electrons. The van der Waals surface area contributed by atoms with Gasteiger partial charge in [-0.25, -0.2) is 4.39 Å². The molecule has 0 bridgehead atoms. The third-order valence-corrected chi connectivity index (χ3v) is 4.31. The fourth-order valence-corrected chi connectivity index (χ4v) is 3.05. The predicted octanol–water partition coefficient (Wildman–Crippen LogP) is 2.77. The van der Waals surface area contributed by atoms with Gasteiger partial charge in [0.05, 0.1) is 15.0 Å². The molecule has 1 aromatic carbocycles. The number of halogens is 2. The zero-order valence-electron chi connectivity index (χ0n) is 10.2. The first kappa shape index (κ1) is 14.4. The molecule has 19 heavy (non-hydrogen) atoms. The van der Waals surface area contributed by atoms with E-state index in [2.05, 4.69) is 21.2 Å². The van der Waals surface area contributed by atoms with Gasteiger partial charge < -0.3 is 11.1 Å². The van der Waals surface area contributed by atoms with Crippen molar-refractivity contribution in [2.75, 3.05) is 0 Å². The lowest BCUT2D eigenvalue weighted by atomic mass is 10.0. The number of nitrogens with one attached hydrogen (secondary N) is 1. The summed E-state index contributed by atoms with van der Waals surface area (Å²) in [6, 6.07) is 4.55. The standard InChI is InChI=1S/C13H14BrFN2OS/c14-9-5-1-4-8(11(9)15)13(18)17-10-6-2-3-7(10)12(16)19/h1,4-5,7,10H,2-3,6H2,(H2,16,19)(H,17,18). The molecule has 1 aliphatic carbocycles. The van der Waals surface area contributed by atoms with E-state index in [1.54, 1.807) is 12.1 Å². The average Bonchev–Trinajstić information content (AvgIpc) is 2.80. The Labute approximate surface area is 124 Å². The number of thiocarbonyl (C=S) groups is 1. The molecule has 0 aromatic heterocycles. The zero-order valence-corrected chi connectivity index (χ0v) is 12.6. The van der Waals surface area contributed by atoms with E-state index in [1.165, 1.54) is 6.07 Å². The molecule has 1 aromatic rings. The summed E-state index contributed by atoms with van der Waals surface area (Å²) in [7, 11) is 0. The molecule has 1 aliphatic rings. The molecule has 0 saturated heterocycles. The first-order valence-electron chi connectivity index (χ1n) is 6.05. The van der Waals surface area contributed by atoms with Crippen LogP contribution in [0.4, 0.5) is 4.39 Å². The van der Waals surface area contributed by atoms with Crippen LogP contribution in [0.15, 0.2) is 22.7 Å². The Morgan fingerprint density at radius 3 is 2.89 bits per heavy atom. The summed E-state index contributed by atoms with van der Waals surface area (Å²) >= 11 is 8.06. The van der Waals surface area contributed by atoms with Crippen LogP contribution in [0.3, 0.4) is 0 Å². The Morgan fingerprint density at radius 1 is 1.47 bits per heavy atom. The van der Waals surface area contributed by atoms with E-state index in [9.17, 15) is 9.18 Å².